The molecule has 3 fully saturated rings. The molecule has 3 aliphatic rings. The Morgan fingerprint density at radius 3 is 2.79 bits per heavy atom. The van der Waals surface area contributed by atoms with Crippen LogP contribution in [0.5, 0.6) is 0 Å². The van der Waals surface area contributed by atoms with Crippen LogP contribution in [0, 0.1) is 5.41 Å². The van der Waals surface area contributed by atoms with Crippen molar-refractivity contribution in [2.45, 2.75) is 38.1 Å². The zero-order chi connectivity index (χ0) is 16.6. The van der Waals surface area contributed by atoms with E-state index in [1.807, 2.05) is 12.1 Å². The Balaban J connectivity index is 1.50. The number of aromatic nitrogens is 1. The van der Waals surface area contributed by atoms with Crippen LogP contribution in [-0.4, -0.2) is 54.7 Å². The number of piperidine rings is 1. The molecule has 1 aromatic heterocycles. The number of rotatable bonds is 2. The minimum atomic E-state index is -0.224. The number of carbonyl (C=O) groups excluding carboxylic acids is 1. The summed E-state index contributed by atoms with van der Waals surface area (Å²) in [5, 5.41) is 0.645. The Hall–Kier alpha value is -1.33. The molecule has 1 atom stereocenters. The van der Waals surface area contributed by atoms with Crippen LogP contribution in [0.4, 0.5) is 5.82 Å². The van der Waals surface area contributed by atoms with E-state index in [0.717, 1.165) is 70.8 Å². The fourth-order valence-electron chi connectivity index (χ4n) is 4.45. The number of amides is 1. The highest BCUT2D eigenvalue weighted by Crippen LogP contribution is 2.42. The molecule has 0 N–H and O–H groups in total. The predicted molar refractivity (Wildman–Crippen MR) is 93.3 cm³/mol. The second-order valence-corrected chi connectivity index (χ2v) is 7.67. The third kappa shape index (κ3) is 2.88. The normalized spacial score (nSPS) is 28.8. The highest BCUT2D eigenvalue weighted by molar-refractivity contribution is 6.30. The van der Waals surface area contributed by atoms with Crippen LogP contribution in [0.25, 0.3) is 0 Å². The molecule has 5 nitrogen and oxygen atoms in total. The van der Waals surface area contributed by atoms with E-state index in [1.54, 1.807) is 6.20 Å². The Kier molecular flexibility index (Phi) is 4.39. The zero-order valence-electron chi connectivity index (χ0n) is 13.9. The van der Waals surface area contributed by atoms with E-state index in [2.05, 4.69) is 14.8 Å². The van der Waals surface area contributed by atoms with Crippen LogP contribution in [0.3, 0.4) is 0 Å². The van der Waals surface area contributed by atoms with Gasteiger partial charge in [0.2, 0.25) is 5.91 Å². The molecule has 4 heterocycles. The lowest BCUT2D eigenvalue weighted by molar-refractivity contribution is -0.149. The summed E-state index contributed by atoms with van der Waals surface area (Å²) in [5.74, 6) is 1.28. The van der Waals surface area contributed by atoms with Gasteiger partial charge in [-0.2, -0.15) is 0 Å². The number of carbonyl (C=O) groups is 1. The lowest BCUT2D eigenvalue weighted by atomic mass is 9.77. The highest BCUT2D eigenvalue weighted by Gasteiger charge is 2.49. The van der Waals surface area contributed by atoms with Crippen molar-refractivity contribution in [1.29, 1.82) is 0 Å². The summed E-state index contributed by atoms with van der Waals surface area (Å²) in [6.45, 7) is 4.14. The molecule has 0 aromatic carbocycles. The van der Waals surface area contributed by atoms with E-state index in [0.29, 0.717) is 17.0 Å². The smallest absolute Gasteiger partial charge is 0.230 e. The standard InChI is InChI=1S/C18H24ClN3O2/c19-14-2-3-16(20-12-14)21-9-7-18(13-21)6-1-8-22(17(18)23)15-4-10-24-11-5-15/h2-3,12,15H,1,4-11,13H2/t18-/m0/s1. The molecule has 3 saturated heterocycles. The first-order chi connectivity index (χ1) is 11.7. The van der Waals surface area contributed by atoms with Crippen molar-refractivity contribution in [2.75, 3.05) is 37.7 Å². The Labute approximate surface area is 147 Å². The van der Waals surface area contributed by atoms with Crippen LogP contribution < -0.4 is 4.90 Å². The van der Waals surface area contributed by atoms with Crippen molar-refractivity contribution in [1.82, 2.24) is 9.88 Å². The molecule has 0 unspecified atom stereocenters. The maximum absolute atomic E-state index is 13.3. The van der Waals surface area contributed by atoms with Gasteiger partial charge >= 0.3 is 0 Å². The first-order valence-corrected chi connectivity index (χ1v) is 9.31. The second kappa shape index (κ2) is 6.52. The van der Waals surface area contributed by atoms with E-state index >= 15 is 0 Å². The summed E-state index contributed by atoms with van der Waals surface area (Å²) in [5.41, 5.74) is -0.224. The van der Waals surface area contributed by atoms with E-state index in [1.165, 1.54) is 0 Å². The number of hydrogen-bond acceptors (Lipinski definition) is 4. The van der Waals surface area contributed by atoms with Crippen LogP contribution >= 0.6 is 11.6 Å². The van der Waals surface area contributed by atoms with Crippen molar-refractivity contribution < 1.29 is 9.53 Å². The van der Waals surface area contributed by atoms with Gasteiger partial charge in [0.05, 0.1) is 10.4 Å². The number of pyridine rings is 1. The first-order valence-electron chi connectivity index (χ1n) is 8.93. The van der Waals surface area contributed by atoms with Crippen molar-refractivity contribution in [3.63, 3.8) is 0 Å². The maximum Gasteiger partial charge on any atom is 0.230 e. The van der Waals surface area contributed by atoms with Gasteiger partial charge in [-0.3, -0.25) is 4.79 Å². The molecule has 6 heteroatoms. The molecule has 0 radical (unpaired) electrons. The third-order valence-corrected chi connectivity index (χ3v) is 6.01. The SMILES string of the molecule is O=C1N(C2CCOCC2)CCC[C@@]12CCN(c1ccc(Cl)cn1)C2. The van der Waals surface area contributed by atoms with Crippen molar-refractivity contribution >= 4 is 23.3 Å². The number of anilines is 1. The lowest BCUT2D eigenvalue weighted by Crippen LogP contribution is -2.54. The Morgan fingerprint density at radius 2 is 2.04 bits per heavy atom. The molecule has 1 amide bonds. The van der Waals surface area contributed by atoms with E-state index in [-0.39, 0.29) is 5.41 Å². The third-order valence-electron chi connectivity index (χ3n) is 5.79. The summed E-state index contributed by atoms with van der Waals surface area (Å²) in [7, 11) is 0. The predicted octanol–water partition coefficient (Wildman–Crippen LogP) is 2.73. The molecular formula is C18H24ClN3O2. The van der Waals surface area contributed by atoms with Gasteiger partial charge in [-0.1, -0.05) is 11.6 Å². The second-order valence-electron chi connectivity index (χ2n) is 7.23. The molecule has 4 rings (SSSR count). The maximum atomic E-state index is 13.3. The average Bonchev–Trinajstić information content (AvgIpc) is 3.04. The van der Waals surface area contributed by atoms with Gasteiger partial charge in [-0.25, -0.2) is 4.98 Å². The van der Waals surface area contributed by atoms with Gasteiger partial charge < -0.3 is 14.5 Å². The number of hydrogen-bond donors (Lipinski definition) is 0. The minimum Gasteiger partial charge on any atom is -0.381 e. The largest absolute Gasteiger partial charge is 0.381 e. The van der Waals surface area contributed by atoms with Gasteiger partial charge in [0.1, 0.15) is 5.82 Å². The summed E-state index contributed by atoms with van der Waals surface area (Å²) in [4.78, 5) is 22.1. The number of likely N-dealkylation sites (tertiary alicyclic amines) is 1. The van der Waals surface area contributed by atoms with Gasteiger partial charge in [0.25, 0.3) is 0 Å². The minimum absolute atomic E-state index is 0.224. The van der Waals surface area contributed by atoms with E-state index < -0.39 is 0 Å². The van der Waals surface area contributed by atoms with Gasteiger partial charge in [-0.15, -0.1) is 0 Å². The summed E-state index contributed by atoms with van der Waals surface area (Å²) in [6, 6.07) is 4.18. The first kappa shape index (κ1) is 16.2. The van der Waals surface area contributed by atoms with Gasteiger partial charge in [-0.05, 0) is 44.2 Å². The van der Waals surface area contributed by atoms with E-state index in [4.69, 9.17) is 16.3 Å². The number of nitrogens with zero attached hydrogens (tertiary/aromatic N) is 3. The highest BCUT2D eigenvalue weighted by atomic mass is 35.5. The molecular weight excluding hydrogens is 326 g/mol. The van der Waals surface area contributed by atoms with Gasteiger partial charge in [0.15, 0.2) is 0 Å². The van der Waals surface area contributed by atoms with Crippen LogP contribution in [0.1, 0.15) is 32.1 Å². The summed E-state index contributed by atoms with van der Waals surface area (Å²) in [6.07, 6.45) is 6.66. The number of halogens is 1. The van der Waals surface area contributed by atoms with Crippen molar-refractivity contribution in [2.24, 2.45) is 5.41 Å². The zero-order valence-corrected chi connectivity index (χ0v) is 14.7. The number of ether oxygens (including phenoxy) is 1. The fraction of sp³-hybridized carbons (Fsp3) is 0.667. The Morgan fingerprint density at radius 1 is 1.21 bits per heavy atom. The summed E-state index contributed by atoms with van der Waals surface area (Å²) >= 11 is 5.94. The summed E-state index contributed by atoms with van der Waals surface area (Å²) < 4.78 is 5.46. The molecule has 0 saturated carbocycles. The fourth-order valence-corrected chi connectivity index (χ4v) is 4.56. The van der Waals surface area contributed by atoms with Crippen molar-refractivity contribution in [3.05, 3.63) is 23.4 Å². The molecule has 1 aromatic rings. The monoisotopic (exact) mass is 349 g/mol. The quantitative estimate of drug-likeness (QED) is 0.823. The molecule has 130 valence electrons. The topological polar surface area (TPSA) is 45.7 Å². The van der Waals surface area contributed by atoms with Crippen molar-refractivity contribution in [3.8, 4) is 0 Å². The molecule has 0 aliphatic carbocycles. The van der Waals surface area contributed by atoms with Crippen LogP contribution in [-0.2, 0) is 9.53 Å². The molecule has 1 spiro atoms. The van der Waals surface area contributed by atoms with E-state index in [9.17, 15) is 4.79 Å². The molecule has 24 heavy (non-hydrogen) atoms. The lowest BCUT2D eigenvalue weighted by Gasteiger charge is -2.44. The van der Waals surface area contributed by atoms with Crippen LogP contribution in [0.2, 0.25) is 5.02 Å². The average molecular weight is 350 g/mol. The molecule has 0 bridgehead atoms. The van der Waals surface area contributed by atoms with Crippen LogP contribution in [0.15, 0.2) is 18.3 Å². The molecule has 3 aliphatic heterocycles. The van der Waals surface area contributed by atoms with Gasteiger partial charge in [0, 0.05) is 45.1 Å². The Bertz CT molecular complexity index is 603.